The summed E-state index contributed by atoms with van der Waals surface area (Å²) in [7, 11) is 0. The Morgan fingerprint density at radius 1 is 0.411 bits per heavy atom. The van der Waals surface area contributed by atoms with Crippen LogP contribution in [0.25, 0.3) is 0 Å². The second-order valence-electron chi connectivity index (χ2n) is 24.6. The van der Waals surface area contributed by atoms with Gasteiger partial charge in [-0.05, 0) is 96.3 Å². The van der Waals surface area contributed by atoms with Crippen LogP contribution in [-0.2, 0) is 23.7 Å². The molecule has 14 heteroatoms. The second-order valence-corrected chi connectivity index (χ2v) is 24.6. The number of amides is 1. The van der Waals surface area contributed by atoms with Gasteiger partial charge in [-0.2, -0.15) is 0 Å². The topological polar surface area (TPSA) is 228 Å². The molecule has 0 saturated carbocycles. The first-order valence-electron chi connectivity index (χ1n) is 35.8. The minimum atomic E-state index is -1.80. The molecule has 1 amide bonds. The number of hydrogen-bond donors (Lipinski definition) is 9. The molecule has 2 saturated heterocycles. The zero-order chi connectivity index (χ0) is 65.2. The van der Waals surface area contributed by atoms with Crippen molar-refractivity contribution < 1.29 is 64.6 Å². The van der Waals surface area contributed by atoms with Crippen molar-refractivity contribution in [2.24, 2.45) is 0 Å². The third kappa shape index (κ3) is 42.6. The largest absolute Gasteiger partial charge is 0.394 e. The summed E-state index contributed by atoms with van der Waals surface area (Å²) in [6, 6.07) is -0.966. The van der Waals surface area contributed by atoms with E-state index in [4.69, 9.17) is 18.9 Å². The fraction of sp³-hybridized carbons (Fsp3) is 0.724. The van der Waals surface area contributed by atoms with Crippen LogP contribution < -0.4 is 5.32 Å². The first-order chi connectivity index (χ1) is 44.1. The monoisotopic (exact) mass is 1260 g/mol. The lowest BCUT2D eigenvalue weighted by atomic mass is 9.97. The zero-order valence-electron chi connectivity index (χ0n) is 56.1. The third-order valence-electron chi connectivity index (χ3n) is 16.6. The van der Waals surface area contributed by atoms with Gasteiger partial charge in [0.15, 0.2) is 12.6 Å². The third-order valence-corrected chi connectivity index (χ3v) is 16.6. The van der Waals surface area contributed by atoms with E-state index in [1.54, 1.807) is 6.08 Å². The van der Waals surface area contributed by atoms with E-state index in [1.807, 2.05) is 6.08 Å². The quantitative estimate of drug-likeness (QED) is 0.0204. The first-order valence-corrected chi connectivity index (χ1v) is 35.8. The predicted octanol–water partition coefficient (Wildman–Crippen LogP) is 14.9. The van der Waals surface area contributed by atoms with Gasteiger partial charge in [0.2, 0.25) is 5.91 Å². The lowest BCUT2D eigenvalue weighted by molar-refractivity contribution is -0.359. The van der Waals surface area contributed by atoms with Gasteiger partial charge < -0.3 is 65.1 Å². The van der Waals surface area contributed by atoms with Crippen LogP contribution in [0.5, 0.6) is 0 Å². The Morgan fingerprint density at radius 2 is 0.778 bits per heavy atom. The van der Waals surface area contributed by atoms with Crippen molar-refractivity contribution >= 4 is 5.91 Å². The highest BCUT2D eigenvalue weighted by atomic mass is 16.7. The molecule has 2 fully saturated rings. The summed E-state index contributed by atoms with van der Waals surface area (Å²) in [5.74, 6) is -0.294. The van der Waals surface area contributed by atoms with Crippen molar-refractivity contribution in [3.05, 3.63) is 122 Å². The fourth-order valence-electron chi connectivity index (χ4n) is 11.0. The molecule has 0 bridgehead atoms. The molecule has 0 aliphatic carbocycles. The SMILES string of the molecule is CC/C=C\C/C=C\C/C=C\C/C=C\C/C=C\C/C=C\C/C=C\C/C=C\CCCCC(=O)NC(COC1OC(CO)C(OC2OC(CO)C(O)C(O)C2O)C(O)C1O)C(O)/C=C/CC/C=C/CCCCCCCCCCCCCCCCCCCCCCCCC. The minimum Gasteiger partial charge on any atom is -0.394 e. The van der Waals surface area contributed by atoms with Gasteiger partial charge in [0.1, 0.15) is 48.8 Å². The van der Waals surface area contributed by atoms with Gasteiger partial charge in [-0.1, -0.05) is 277 Å². The molecule has 0 spiro atoms. The van der Waals surface area contributed by atoms with Crippen LogP contribution in [0.2, 0.25) is 0 Å². The number of aliphatic hydroxyl groups excluding tert-OH is 8. The van der Waals surface area contributed by atoms with Crippen LogP contribution in [0, 0.1) is 0 Å². The summed E-state index contributed by atoms with van der Waals surface area (Å²) in [6.07, 6.45) is 69.7. The molecule has 516 valence electrons. The normalized spacial score (nSPS) is 23.7. The van der Waals surface area contributed by atoms with Crippen molar-refractivity contribution in [3.8, 4) is 0 Å². The molecular weight excluding hydrogens is 1130 g/mol. The lowest BCUT2D eigenvalue weighted by Crippen LogP contribution is -2.65. The van der Waals surface area contributed by atoms with E-state index in [1.165, 1.54) is 148 Å². The van der Waals surface area contributed by atoms with Crippen LogP contribution in [0.4, 0.5) is 0 Å². The average molecular weight is 1260 g/mol. The Kier molecular flexibility index (Phi) is 54.2. The molecule has 12 atom stereocenters. The van der Waals surface area contributed by atoms with E-state index in [2.05, 4.69) is 129 Å². The molecule has 2 aliphatic rings. The number of rotatable bonds is 57. The van der Waals surface area contributed by atoms with Gasteiger partial charge in [-0.3, -0.25) is 4.79 Å². The summed E-state index contributed by atoms with van der Waals surface area (Å²) in [5.41, 5.74) is 0. The Labute approximate surface area is 546 Å². The number of nitrogens with one attached hydrogen (secondary N) is 1. The Bertz CT molecular complexity index is 1980. The van der Waals surface area contributed by atoms with E-state index < -0.39 is 86.8 Å². The number of hydrogen-bond acceptors (Lipinski definition) is 13. The Balaban J connectivity index is 1.73. The molecule has 0 radical (unpaired) electrons. The van der Waals surface area contributed by atoms with E-state index >= 15 is 0 Å². The Morgan fingerprint density at radius 3 is 1.22 bits per heavy atom. The van der Waals surface area contributed by atoms with Crippen molar-refractivity contribution in [2.75, 3.05) is 19.8 Å². The van der Waals surface area contributed by atoms with Crippen LogP contribution in [0.3, 0.4) is 0 Å². The van der Waals surface area contributed by atoms with Crippen LogP contribution >= 0.6 is 0 Å². The van der Waals surface area contributed by atoms with Crippen molar-refractivity contribution in [1.82, 2.24) is 5.32 Å². The molecular formula is C76H129NO13. The van der Waals surface area contributed by atoms with Gasteiger partial charge in [0.05, 0.1) is 32.0 Å². The number of aliphatic hydroxyl groups is 8. The summed E-state index contributed by atoms with van der Waals surface area (Å²) in [4.78, 5) is 13.3. The van der Waals surface area contributed by atoms with Crippen molar-refractivity contribution in [2.45, 2.75) is 331 Å². The highest BCUT2D eigenvalue weighted by Gasteiger charge is 2.51. The number of ether oxygens (including phenoxy) is 4. The fourth-order valence-corrected chi connectivity index (χ4v) is 11.0. The van der Waals surface area contributed by atoms with E-state index in [0.717, 1.165) is 77.0 Å². The van der Waals surface area contributed by atoms with Gasteiger partial charge >= 0.3 is 0 Å². The Hall–Kier alpha value is -3.61. The number of carbonyl (C=O) groups is 1. The van der Waals surface area contributed by atoms with Gasteiger partial charge in [0.25, 0.3) is 0 Å². The molecule has 0 aromatic heterocycles. The molecule has 9 N–H and O–H groups in total. The second kappa shape index (κ2) is 59.2. The summed E-state index contributed by atoms with van der Waals surface area (Å²) < 4.78 is 22.8. The van der Waals surface area contributed by atoms with Crippen LogP contribution in [0.1, 0.15) is 258 Å². The number of allylic oxidation sites excluding steroid dienone is 19. The molecule has 12 unspecified atom stereocenters. The van der Waals surface area contributed by atoms with Gasteiger partial charge in [-0.25, -0.2) is 0 Å². The minimum absolute atomic E-state index is 0.210. The van der Waals surface area contributed by atoms with Crippen LogP contribution in [0.15, 0.2) is 122 Å². The molecule has 0 aromatic carbocycles. The van der Waals surface area contributed by atoms with E-state index in [-0.39, 0.29) is 18.9 Å². The molecule has 2 aliphatic heterocycles. The highest BCUT2D eigenvalue weighted by Crippen LogP contribution is 2.30. The van der Waals surface area contributed by atoms with Crippen molar-refractivity contribution in [1.29, 1.82) is 0 Å². The summed E-state index contributed by atoms with van der Waals surface area (Å²) in [6.45, 7) is 2.65. The maximum atomic E-state index is 13.3. The summed E-state index contributed by atoms with van der Waals surface area (Å²) in [5, 5.41) is 87.4. The van der Waals surface area contributed by atoms with Crippen LogP contribution in [-0.4, -0.2) is 140 Å². The molecule has 0 aromatic rings. The predicted molar refractivity (Wildman–Crippen MR) is 368 cm³/mol. The van der Waals surface area contributed by atoms with E-state index in [0.29, 0.717) is 12.8 Å². The molecule has 14 nitrogen and oxygen atoms in total. The van der Waals surface area contributed by atoms with Gasteiger partial charge in [-0.15, -0.1) is 0 Å². The number of unbranched alkanes of at least 4 members (excludes halogenated alkanes) is 26. The maximum absolute atomic E-state index is 13.3. The molecule has 90 heavy (non-hydrogen) atoms. The average Bonchev–Trinajstić information content (AvgIpc) is 1.41. The first kappa shape index (κ1) is 82.5. The molecule has 2 heterocycles. The summed E-state index contributed by atoms with van der Waals surface area (Å²) >= 11 is 0. The maximum Gasteiger partial charge on any atom is 0.220 e. The smallest absolute Gasteiger partial charge is 0.220 e. The zero-order valence-corrected chi connectivity index (χ0v) is 56.1. The molecule has 2 rings (SSSR count). The van der Waals surface area contributed by atoms with Gasteiger partial charge in [0, 0.05) is 6.42 Å². The van der Waals surface area contributed by atoms with E-state index in [9.17, 15) is 45.6 Å². The standard InChI is InChI=1S/C76H129NO13/c1-3-5-7-9-11-13-15-17-19-21-23-25-27-29-31-32-34-35-37-39-41-43-45-47-49-51-53-55-57-59-65(80)64(63-87-75-73(86)71(84)74(67(62-79)89-75)90-76-72(85)70(83)69(82)66(61-78)88-76)77-68(81)60-58-56-54-52-50-48-46-44-42-40-38-36-33-30-28-26-24-22-20-18-16-14-12-10-8-6-4-2/h6,8,12,14,18,20,24,26,30,33,38,40,44,46,49-52,57,59,64-67,69-76,78-80,82-86H,3-5,7,9-11,13,15-17,19,21-23,25,27-29,31-32,34-37,39,41-43,45,47-48,53-56,58,60-63H2,1-2H3,(H,77,81)/b8-6-,14-12-,20-18-,26-24-,33-30-,40-38-,46-44-,51-49+,52-50-,59-57+. The highest BCUT2D eigenvalue weighted by molar-refractivity contribution is 5.76. The van der Waals surface area contributed by atoms with Crippen molar-refractivity contribution in [3.63, 3.8) is 0 Å². The lowest BCUT2D eigenvalue weighted by Gasteiger charge is -2.46. The number of carbonyl (C=O) groups excluding carboxylic acids is 1.